The molecule has 2 aliphatic carbocycles. The summed E-state index contributed by atoms with van der Waals surface area (Å²) in [6.07, 6.45) is 8.98. The molecular formula is C16H31F3OSi2. The molecule has 0 spiro atoms. The molecule has 0 amide bonds. The highest BCUT2D eigenvalue weighted by molar-refractivity contribution is 6.88. The third-order valence-electron chi connectivity index (χ3n) is 5.34. The summed E-state index contributed by atoms with van der Waals surface area (Å²) in [7, 11) is -6.00. The highest BCUT2D eigenvalue weighted by atomic mass is 28.4. The van der Waals surface area contributed by atoms with E-state index in [0.717, 1.165) is 64.2 Å². The largest absolute Gasteiger partial charge is 0.449 e. The van der Waals surface area contributed by atoms with Crippen molar-refractivity contribution in [2.75, 3.05) is 0 Å². The summed E-state index contributed by atoms with van der Waals surface area (Å²) in [5, 5.41) is 0. The van der Waals surface area contributed by atoms with E-state index in [1.165, 1.54) is 0 Å². The van der Waals surface area contributed by atoms with Gasteiger partial charge in [0.1, 0.15) is 0 Å². The molecule has 6 heteroatoms. The van der Waals surface area contributed by atoms with Gasteiger partial charge >= 0.3 is 14.1 Å². The molecule has 0 unspecified atom stereocenters. The van der Waals surface area contributed by atoms with E-state index >= 15 is 0 Å². The van der Waals surface area contributed by atoms with Crippen LogP contribution in [0, 0.1) is 0 Å². The first kappa shape index (κ1) is 18.5. The van der Waals surface area contributed by atoms with Crippen LogP contribution < -0.4 is 0 Å². The first-order valence-corrected chi connectivity index (χ1v) is 14.4. The summed E-state index contributed by atoms with van der Waals surface area (Å²) in [4.78, 5) is 0. The minimum atomic E-state index is -4.11. The summed E-state index contributed by atoms with van der Waals surface area (Å²) < 4.78 is 49.5. The predicted molar refractivity (Wildman–Crippen MR) is 89.9 cm³/mol. The maximum atomic E-state index is 14.4. The van der Waals surface area contributed by atoms with Gasteiger partial charge in [0.25, 0.3) is 0 Å². The maximum absolute atomic E-state index is 14.4. The van der Waals surface area contributed by atoms with Gasteiger partial charge in [0.05, 0.1) is 0 Å². The molecule has 0 radical (unpaired) electrons. The van der Waals surface area contributed by atoms with Crippen molar-refractivity contribution in [1.29, 1.82) is 0 Å². The molecule has 0 aliphatic heterocycles. The van der Waals surface area contributed by atoms with Crippen molar-refractivity contribution in [2.45, 2.75) is 101 Å². The zero-order valence-corrected chi connectivity index (χ0v) is 16.3. The number of hydrogen-bond donors (Lipinski definition) is 0. The van der Waals surface area contributed by atoms with E-state index in [0.29, 0.717) is 0 Å². The van der Waals surface area contributed by atoms with Gasteiger partial charge in [-0.05, 0) is 30.7 Å². The summed E-state index contributed by atoms with van der Waals surface area (Å²) in [5.41, 5.74) is -0.396. The molecule has 2 rings (SSSR count). The molecule has 0 bridgehead atoms. The highest BCUT2D eigenvalue weighted by Crippen LogP contribution is 2.56. The monoisotopic (exact) mass is 352 g/mol. The lowest BCUT2D eigenvalue weighted by molar-refractivity contribution is -0.0747. The molecule has 0 aromatic rings. The van der Waals surface area contributed by atoms with E-state index in [-0.39, 0.29) is 11.1 Å². The van der Waals surface area contributed by atoms with Crippen molar-refractivity contribution in [3.63, 3.8) is 0 Å². The van der Waals surface area contributed by atoms with Crippen LogP contribution in [0.5, 0.6) is 0 Å². The van der Waals surface area contributed by atoms with Gasteiger partial charge in [-0.25, -0.2) is 0 Å². The zero-order chi connectivity index (χ0) is 16.4. The number of halogens is 3. The molecule has 22 heavy (non-hydrogen) atoms. The Labute approximate surface area is 135 Å². The average molecular weight is 353 g/mol. The van der Waals surface area contributed by atoms with Gasteiger partial charge in [-0.3, -0.25) is 0 Å². The minimum absolute atomic E-state index is 0.198. The van der Waals surface area contributed by atoms with E-state index in [1.54, 1.807) is 0 Å². The standard InChI is InChI=1S/C16H31F3OSi2/c1-21(2,3)20-22(16(17,18)19,14-10-6-4-7-11-14)15-12-8-5-9-13-15/h14-15H,4-13H2,1-3H3. The molecule has 130 valence electrons. The molecule has 0 aromatic heterocycles. The lowest BCUT2D eigenvalue weighted by Gasteiger charge is -2.49. The van der Waals surface area contributed by atoms with Crippen molar-refractivity contribution in [1.82, 2.24) is 0 Å². The fourth-order valence-corrected chi connectivity index (χ4v) is 14.6. The van der Waals surface area contributed by atoms with Gasteiger partial charge in [0.15, 0.2) is 8.32 Å². The average Bonchev–Trinajstić information content (AvgIpc) is 2.44. The Morgan fingerprint density at radius 2 is 1.09 bits per heavy atom. The van der Waals surface area contributed by atoms with Crippen LogP contribution in [0.3, 0.4) is 0 Å². The van der Waals surface area contributed by atoms with E-state index < -0.39 is 22.4 Å². The van der Waals surface area contributed by atoms with Crippen molar-refractivity contribution in [2.24, 2.45) is 0 Å². The minimum Gasteiger partial charge on any atom is -0.449 e. The summed E-state index contributed by atoms with van der Waals surface area (Å²) in [6.45, 7) is 5.81. The first-order chi connectivity index (χ1) is 10.2. The normalized spacial score (nSPS) is 23.7. The van der Waals surface area contributed by atoms with E-state index in [4.69, 9.17) is 4.12 Å². The van der Waals surface area contributed by atoms with Crippen LogP contribution in [0.25, 0.3) is 0 Å². The molecule has 2 fully saturated rings. The van der Waals surface area contributed by atoms with Crippen LogP contribution in [-0.4, -0.2) is 22.4 Å². The Kier molecular flexibility index (Phi) is 5.87. The lowest BCUT2D eigenvalue weighted by atomic mass is 9.99. The first-order valence-electron chi connectivity index (χ1n) is 8.94. The second-order valence-electron chi connectivity index (χ2n) is 8.18. The number of alkyl halides is 3. The van der Waals surface area contributed by atoms with Gasteiger partial charge in [-0.1, -0.05) is 64.2 Å². The number of rotatable bonds is 4. The third-order valence-corrected chi connectivity index (χ3v) is 13.6. The molecule has 0 heterocycles. The van der Waals surface area contributed by atoms with Gasteiger partial charge in [-0.2, -0.15) is 13.2 Å². The third kappa shape index (κ3) is 3.98. The second kappa shape index (κ2) is 6.97. The van der Waals surface area contributed by atoms with E-state index in [1.807, 2.05) is 19.6 Å². The van der Waals surface area contributed by atoms with Crippen LogP contribution in [0.2, 0.25) is 30.7 Å². The van der Waals surface area contributed by atoms with Crippen LogP contribution in [0.1, 0.15) is 64.2 Å². The fraction of sp³-hybridized carbons (Fsp3) is 1.00. The Balaban J connectivity index is 2.41. The topological polar surface area (TPSA) is 9.23 Å². The van der Waals surface area contributed by atoms with Crippen LogP contribution in [-0.2, 0) is 4.12 Å². The molecule has 1 nitrogen and oxygen atoms in total. The van der Waals surface area contributed by atoms with Gasteiger partial charge in [-0.15, -0.1) is 0 Å². The van der Waals surface area contributed by atoms with Crippen molar-refractivity contribution < 1.29 is 17.3 Å². The molecule has 0 N–H and O–H groups in total. The molecule has 0 aromatic carbocycles. The molecule has 2 aliphatic rings. The van der Waals surface area contributed by atoms with Crippen molar-refractivity contribution in [3.8, 4) is 0 Å². The molecule has 0 atom stereocenters. The van der Waals surface area contributed by atoms with E-state index in [2.05, 4.69) is 0 Å². The molecular weight excluding hydrogens is 321 g/mol. The number of hydrogen-bond acceptors (Lipinski definition) is 1. The summed E-state index contributed by atoms with van der Waals surface area (Å²) in [6, 6.07) is 0. The quantitative estimate of drug-likeness (QED) is 0.521. The van der Waals surface area contributed by atoms with Crippen LogP contribution in [0.15, 0.2) is 0 Å². The highest BCUT2D eigenvalue weighted by Gasteiger charge is 2.68. The smallest absolute Gasteiger partial charge is 0.388 e. The molecule has 0 saturated heterocycles. The lowest BCUT2D eigenvalue weighted by Crippen LogP contribution is -2.64. The van der Waals surface area contributed by atoms with Crippen LogP contribution >= 0.6 is 0 Å². The van der Waals surface area contributed by atoms with Gasteiger partial charge < -0.3 is 4.12 Å². The van der Waals surface area contributed by atoms with Crippen LogP contribution in [0.4, 0.5) is 13.2 Å². The Hall–Kier alpha value is 0.184. The maximum Gasteiger partial charge on any atom is 0.388 e. The van der Waals surface area contributed by atoms with Gasteiger partial charge in [0, 0.05) is 0 Å². The second-order valence-corrected chi connectivity index (χ2v) is 17.0. The van der Waals surface area contributed by atoms with Crippen molar-refractivity contribution >= 4 is 16.6 Å². The zero-order valence-electron chi connectivity index (χ0n) is 14.3. The summed E-state index contributed by atoms with van der Waals surface area (Å²) >= 11 is 0. The Morgan fingerprint density at radius 3 is 1.36 bits per heavy atom. The van der Waals surface area contributed by atoms with Gasteiger partial charge in [0.2, 0.25) is 0 Å². The fourth-order valence-electron chi connectivity index (χ4n) is 4.59. The SMILES string of the molecule is C[Si](C)(C)O[Si](C1CCCCC1)(C1CCCCC1)C(F)(F)F. The van der Waals surface area contributed by atoms with Crippen molar-refractivity contribution in [3.05, 3.63) is 0 Å². The Morgan fingerprint density at radius 1 is 0.727 bits per heavy atom. The predicted octanol–water partition coefficient (Wildman–Crippen LogP) is 6.55. The Bertz CT molecular complexity index is 335. The summed E-state index contributed by atoms with van der Waals surface area (Å²) in [5.74, 6) is -4.11. The molecule has 2 saturated carbocycles. The van der Waals surface area contributed by atoms with E-state index in [9.17, 15) is 13.2 Å².